The molecular weight excluding hydrogens is 200 g/mol. The van der Waals surface area contributed by atoms with E-state index in [1.807, 2.05) is 0 Å². The van der Waals surface area contributed by atoms with Crippen LogP contribution < -0.4 is 5.32 Å². The summed E-state index contributed by atoms with van der Waals surface area (Å²) in [4.78, 5) is 34.0. The molecule has 0 aliphatic heterocycles. The van der Waals surface area contributed by atoms with Crippen LogP contribution in [0.2, 0.25) is 0 Å². The van der Waals surface area contributed by atoms with Gasteiger partial charge in [-0.05, 0) is 12.8 Å². The molecule has 0 aromatic carbocycles. The lowest BCUT2D eigenvalue weighted by molar-refractivity contribution is -0.138. The van der Waals surface area contributed by atoms with Gasteiger partial charge in [0.2, 0.25) is 5.91 Å². The third kappa shape index (κ3) is 3.97. The fourth-order valence-corrected chi connectivity index (χ4v) is 1.12. The van der Waals surface area contributed by atoms with E-state index < -0.39 is 17.9 Å². The van der Waals surface area contributed by atoms with Gasteiger partial charge < -0.3 is 10.0 Å². The molecule has 1 saturated carbocycles. The normalized spacial score (nSPS) is 14.5. The van der Waals surface area contributed by atoms with E-state index in [0.29, 0.717) is 0 Å². The van der Waals surface area contributed by atoms with Gasteiger partial charge in [-0.15, -0.1) is 0 Å². The maximum Gasteiger partial charge on any atom is 0.324 e. The van der Waals surface area contributed by atoms with Gasteiger partial charge in [-0.2, -0.15) is 0 Å². The molecule has 84 valence electrons. The van der Waals surface area contributed by atoms with Crippen LogP contribution in [0, 0.1) is 0 Å². The van der Waals surface area contributed by atoms with Crippen molar-refractivity contribution in [3.8, 4) is 0 Å². The summed E-state index contributed by atoms with van der Waals surface area (Å²) in [6.45, 7) is 0. The summed E-state index contributed by atoms with van der Waals surface area (Å²) < 4.78 is 0. The molecule has 0 heterocycles. The Hall–Kier alpha value is -1.59. The average Bonchev–Trinajstić information content (AvgIpc) is 2.96. The van der Waals surface area contributed by atoms with Crippen LogP contribution >= 0.6 is 0 Å². The minimum Gasteiger partial charge on any atom is -0.481 e. The van der Waals surface area contributed by atoms with Crippen molar-refractivity contribution >= 4 is 17.9 Å². The highest BCUT2D eigenvalue weighted by Crippen LogP contribution is 2.25. The largest absolute Gasteiger partial charge is 0.481 e. The van der Waals surface area contributed by atoms with Gasteiger partial charge in [0.25, 0.3) is 0 Å². The minimum absolute atomic E-state index is 0.167. The topological polar surface area (TPSA) is 86.7 Å². The van der Waals surface area contributed by atoms with E-state index in [0.717, 1.165) is 12.8 Å². The van der Waals surface area contributed by atoms with E-state index in [9.17, 15) is 14.4 Å². The summed E-state index contributed by atoms with van der Waals surface area (Å²) in [6.07, 6.45) is 1.51. The first-order valence-electron chi connectivity index (χ1n) is 4.79. The molecule has 1 aliphatic rings. The molecule has 3 amide bonds. The third-order valence-electron chi connectivity index (χ3n) is 2.23. The van der Waals surface area contributed by atoms with Crippen molar-refractivity contribution in [2.45, 2.75) is 31.7 Å². The molecule has 0 atom stereocenters. The molecule has 1 rings (SSSR count). The number of carbonyl (C=O) groups excluding carboxylic acids is 2. The average molecular weight is 214 g/mol. The van der Waals surface area contributed by atoms with Crippen molar-refractivity contribution < 1.29 is 19.5 Å². The summed E-state index contributed by atoms with van der Waals surface area (Å²) in [6, 6.07) is -0.217. The molecular formula is C9H14N2O4. The number of aliphatic carboxylic acids is 1. The third-order valence-corrected chi connectivity index (χ3v) is 2.23. The quantitative estimate of drug-likeness (QED) is 0.699. The lowest BCUT2D eigenvalue weighted by Gasteiger charge is -2.15. The fourth-order valence-electron chi connectivity index (χ4n) is 1.12. The molecule has 0 saturated heterocycles. The van der Waals surface area contributed by atoms with Crippen LogP contribution in [0.25, 0.3) is 0 Å². The van der Waals surface area contributed by atoms with Gasteiger partial charge in [0, 0.05) is 19.5 Å². The number of hydrogen-bond donors (Lipinski definition) is 2. The van der Waals surface area contributed by atoms with E-state index in [-0.39, 0.29) is 18.9 Å². The monoisotopic (exact) mass is 214 g/mol. The second kappa shape index (κ2) is 4.77. The molecule has 0 unspecified atom stereocenters. The van der Waals surface area contributed by atoms with Crippen LogP contribution in [0.3, 0.4) is 0 Å². The maximum absolute atomic E-state index is 11.3. The molecule has 0 bridgehead atoms. The first-order chi connectivity index (χ1) is 7.00. The number of nitrogens with zero attached hydrogens (tertiary/aromatic N) is 1. The first kappa shape index (κ1) is 11.5. The Kier molecular flexibility index (Phi) is 3.65. The number of nitrogens with one attached hydrogen (secondary N) is 1. The van der Waals surface area contributed by atoms with Gasteiger partial charge >= 0.3 is 12.0 Å². The highest BCUT2D eigenvalue weighted by Gasteiger charge is 2.30. The maximum atomic E-state index is 11.3. The Morgan fingerprint density at radius 3 is 2.40 bits per heavy atom. The van der Waals surface area contributed by atoms with Crippen LogP contribution in [0.5, 0.6) is 0 Å². The molecule has 0 spiro atoms. The summed E-state index contributed by atoms with van der Waals surface area (Å²) in [7, 11) is 1.62. The number of carbonyl (C=O) groups is 3. The number of rotatable bonds is 4. The smallest absolute Gasteiger partial charge is 0.324 e. The highest BCUT2D eigenvalue weighted by atomic mass is 16.4. The Bertz CT molecular complexity index is 286. The van der Waals surface area contributed by atoms with Gasteiger partial charge in [-0.25, -0.2) is 4.79 Å². The summed E-state index contributed by atoms with van der Waals surface area (Å²) in [5.74, 6) is -1.59. The molecule has 0 aromatic heterocycles. The summed E-state index contributed by atoms with van der Waals surface area (Å²) >= 11 is 0. The Labute approximate surface area is 87.2 Å². The molecule has 15 heavy (non-hydrogen) atoms. The van der Waals surface area contributed by atoms with Crippen LogP contribution in [0.15, 0.2) is 0 Å². The standard InChI is InChI=1S/C9H14N2O4/c1-11(6-2-3-6)9(15)10-7(12)4-5-8(13)14/h6H,2-5H2,1H3,(H,13,14)(H,10,12,15). The van der Waals surface area contributed by atoms with Crippen LogP contribution in [0.4, 0.5) is 4.79 Å². The van der Waals surface area contributed by atoms with Gasteiger partial charge in [0.1, 0.15) is 0 Å². The number of carboxylic acids is 1. The van der Waals surface area contributed by atoms with Crippen molar-refractivity contribution in [1.29, 1.82) is 0 Å². The Balaban J connectivity index is 2.24. The van der Waals surface area contributed by atoms with Gasteiger partial charge in [-0.3, -0.25) is 14.9 Å². The van der Waals surface area contributed by atoms with E-state index in [1.165, 1.54) is 4.90 Å². The lowest BCUT2D eigenvalue weighted by Crippen LogP contribution is -2.41. The van der Waals surface area contributed by atoms with Crippen molar-refractivity contribution in [1.82, 2.24) is 10.2 Å². The van der Waals surface area contributed by atoms with E-state index in [1.54, 1.807) is 7.05 Å². The summed E-state index contributed by atoms with van der Waals surface area (Å²) in [5, 5.41) is 10.5. The van der Waals surface area contributed by atoms with Crippen LogP contribution in [-0.2, 0) is 9.59 Å². The predicted octanol–water partition coefficient (Wildman–Crippen LogP) is 0.182. The zero-order chi connectivity index (χ0) is 11.4. The Morgan fingerprint density at radius 2 is 1.93 bits per heavy atom. The highest BCUT2D eigenvalue weighted by molar-refractivity contribution is 5.95. The molecule has 1 aliphatic carbocycles. The van der Waals surface area contributed by atoms with E-state index in [4.69, 9.17) is 5.11 Å². The fraction of sp³-hybridized carbons (Fsp3) is 0.667. The number of imide groups is 1. The number of urea groups is 1. The number of amides is 3. The Morgan fingerprint density at radius 1 is 1.33 bits per heavy atom. The number of carboxylic acid groups (broad SMARTS) is 1. The van der Waals surface area contributed by atoms with Crippen molar-refractivity contribution in [2.24, 2.45) is 0 Å². The van der Waals surface area contributed by atoms with Gasteiger partial charge in [0.15, 0.2) is 0 Å². The second-order valence-electron chi connectivity index (χ2n) is 3.59. The van der Waals surface area contributed by atoms with Gasteiger partial charge in [-0.1, -0.05) is 0 Å². The van der Waals surface area contributed by atoms with Crippen LogP contribution in [0.1, 0.15) is 25.7 Å². The second-order valence-corrected chi connectivity index (χ2v) is 3.59. The molecule has 6 heteroatoms. The van der Waals surface area contributed by atoms with Crippen molar-refractivity contribution in [3.05, 3.63) is 0 Å². The zero-order valence-corrected chi connectivity index (χ0v) is 8.52. The molecule has 2 N–H and O–H groups in total. The van der Waals surface area contributed by atoms with E-state index >= 15 is 0 Å². The molecule has 0 aromatic rings. The molecule has 6 nitrogen and oxygen atoms in total. The lowest BCUT2D eigenvalue weighted by atomic mass is 10.3. The first-order valence-corrected chi connectivity index (χ1v) is 4.79. The van der Waals surface area contributed by atoms with Gasteiger partial charge in [0.05, 0.1) is 6.42 Å². The number of hydrogen-bond acceptors (Lipinski definition) is 3. The summed E-state index contributed by atoms with van der Waals surface area (Å²) in [5.41, 5.74) is 0. The zero-order valence-electron chi connectivity index (χ0n) is 8.52. The van der Waals surface area contributed by atoms with Crippen molar-refractivity contribution in [2.75, 3.05) is 7.05 Å². The molecule has 0 radical (unpaired) electrons. The minimum atomic E-state index is -1.05. The predicted molar refractivity (Wildman–Crippen MR) is 51.2 cm³/mol. The molecule has 1 fully saturated rings. The van der Waals surface area contributed by atoms with E-state index in [2.05, 4.69) is 5.32 Å². The van der Waals surface area contributed by atoms with Crippen LogP contribution in [-0.4, -0.2) is 41.0 Å². The SMILES string of the molecule is CN(C(=O)NC(=O)CCC(=O)O)C1CC1. The van der Waals surface area contributed by atoms with Crippen molar-refractivity contribution in [3.63, 3.8) is 0 Å².